The third kappa shape index (κ3) is 1.13. The Morgan fingerprint density at radius 2 is 1.92 bits per heavy atom. The predicted octanol–water partition coefficient (Wildman–Crippen LogP) is 3.32. The molecular formula is C11H13F. The molecule has 1 saturated carbocycles. The molecule has 0 aliphatic heterocycles. The molecular weight excluding hydrogens is 151 g/mol. The van der Waals surface area contributed by atoms with Crippen molar-refractivity contribution >= 4 is 0 Å². The van der Waals surface area contributed by atoms with E-state index in [-0.39, 0.29) is 5.82 Å². The molecule has 2 rings (SSSR count). The van der Waals surface area contributed by atoms with Gasteiger partial charge in [0.1, 0.15) is 5.82 Å². The van der Waals surface area contributed by atoms with Gasteiger partial charge in [-0.1, -0.05) is 12.1 Å². The lowest BCUT2D eigenvalue weighted by Crippen LogP contribution is -1.93. The van der Waals surface area contributed by atoms with Crippen LogP contribution in [0.2, 0.25) is 0 Å². The molecule has 1 aliphatic rings. The predicted molar refractivity (Wildman–Crippen MR) is 47.8 cm³/mol. The third-order valence-electron chi connectivity index (χ3n) is 2.64. The zero-order chi connectivity index (χ0) is 8.72. The molecule has 12 heavy (non-hydrogen) atoms. The molecule has 64 valence electrons. The first kappa shape index (κ1) is 7.78. The molecule has 0 amide bonds. The lowest BCUT2D eigenvalue weighted by atomic mass is 10.0. The van der Waals surface area contributed by atoms with Crippen molar-refractivity contribution in [3.8, 4) is 0 Å². The van der Waals surface area contributed by atoms with Gasteiger partial charge in [0, 0.05) is 0 Å². The first-order valence-electron chi connectivity index (χ1n) is 4.45. The maximum atomic E-state index is 13.4. The summed E-state index contributed by atoms with van der Waals surface area (Å²) in [5, 5.41) is 0. The minimum atomic E-state index is -0.0144. The second kappa shape index (κ2) is 2.58. The smallest absolute Gasteiger partial charge is 0.129 e. The highest BCUT2D eigenvalue weighted by molar-refractivity contribution is 5.36. The van der Waals surface area contributed by atoms with E-state index in [1.54, 1.807) is 0 Å². The second-order valence-electron chi connectivity index (χ2n) is 3.68. The molecule has 1 aromatic rings. The average Bonchev–Trinajstić information content (AvgIpc) is 2.84. The van der Waals surface area contributed by atoms with E-state index in [1.165, 1.54) is 18.4 Å². The zero-order valence-corrected chi connectivity index (χ0v) is 7.52. The summed E-state index contributed by atoms with van der Waals surface area (Å²) in [6.07, 6.45) is 2.48. The minimum Gasteiger partial charge on any atom is -0.206 e. The van der Waals surface area contributed by atoms with Crippen LogP contribution >= 0.6 is 0 Å². The SMILES string of the molecule is Cc1ccc(C2CC2)c(C)c1F. The highest BCUT2D eigenvalue weighted by Gasteiger charge is 2.26. The molecule has 1 heteroatoms. The number of halogens is 1. The van der Waals surface area contributed by atoms with Gasteiger partial charge in [-0.2, -0.15) is 0 Å². The van der Waals surface area contributed by atoms with E-state index in [0.717, 1.165) is 11.1 Å². The fourth-order valence-corrected chi connectivity index (χ4v) is 1.67. The van der Waals surface area contributed by atoms with Crippen LogP contribution in [-0.4, -0.2) is 0 Å². The molecule has 0 nitrogen and oxygen atoms in total. The molecule has 1 aromatic carbocycles. The molecule has 1 fully saturated rings. The Labute approximate surface area is 72.4 Å². The first-order chi connectivity index (χ1) is 5.70. The van der Waals surface area contributed by atoms with Crippen LogP contribution in [0.4, 0.5) is 4.39 Å². The van der Waals surface area contributed by atoms with Crippen LogP contribution in [0, 0.1) is 19.7 Å². The lowest BCUT2D eigenvalue weighted by Gasteiger charge is -2.06. The Morgan fingerprint density at radius 3 is 2.50 bits per heavy atom. The molecule has 0 spiro atoms. The van der Waals surface area contributed by atoms with Crippen LogP contribution in [0.25, 0.3) is 0 Å². The van der Waals surface area contributed by atoms with Crippen LogP contribution in [0.3, 0.4) is 0 Å². The van der Waals surface area contributed by atoms with Gasteiger partial charge in [-0.05, 0) is 49.3 Å². The summed E-state index contributed by atoms with van der Waals surface area (Å²) < 4.78 is 13.4. The van der Waals surface area contributed by atoms with Crippen molar-refractivity contribution in [1.29, 1.82) is 0 Å². The van der Waals surface area contributed by atoms with Crippen LogP contribution in [0.1, 0.15) is 35.4 Å². The van der Waals surface area contributed by atoms with Crippen molar-refractivity contribution in [2.24, 2.45) is 0 Å². The van der Waals surface area contributed by atoms with Crippen molar-refractivity contribution in [3.63, 3.8) is 0 Å². The molecule has 0 N–H and O–H groups in total. The van der Waals surface area contributed by atoms with Crippen molar-refractivity contribution in [3.05, 3.63) is 34.6 Å². The van der Waals surface area contributed by atoms with E-state index < -0.39 is 0 Å². The quantitative estimate of drug-likeness (QED) is 0.597. The van der Waals surface area contributed by atoms with Crippen LogP contribution in [-0.2, 0) is 0 Å². The largest absolute Gasteiger partial charge is 0.206 e. The number of hydrogen-bond acceptors (Lipinski definition) is 0. The summed E-state index contributed by atoms with van der Waals surface area (Å²) in [7, 11) is 0. The summed E-state index contributed by atoms with van der Waals surface area (Å²) in [5.74, 6) is 0.638. The lowest BCUT2D eigenvalue weighted by molar-refractivity contribution is 0.606. The van der Waals surface area contributed by atoms with E-state index in [0.29, 0.717) is 5.92 Å². The molecule has 0 heterocycles. The van der Waals surface area contributed by atoms with Gasteiger partial charge < -0.3 is 0 Å². The summed E-state index contributed by atoms with van der Waals surface area (Å²) in [4.78, 5) is 0. The van der Waals surface area contributed by atoms with Crippen molar-refractivity contribution in [1.82, 2.24) is 0 Å². The normalized spacial score (nSPS) is 16.6. The monoisotopic (exact) mass is 164 g/mol. The van der Waals surface area contributed by atoms with Crippen LogP contribution < -0.4 is 0 Å². The summed E-state index contributed by atoms with van der Waals surface area (Å²) in [6, 6.07) is 3.96. The summed E-state index contributed by atoms with van der Waals surface area (Å²) in [6.45, 7) is 3.70. The second-order valence-corrected chi connectivity index (χ2v) is 3.68. The van der Waals surface area contributed by atoms with Gasteiger partial charge in [-0.3, -0.25) is 0 Å². The minimum absolute atomic E-state index is 0.0144. The number of aryl methyl sites for hydroxylation is 1. The maximum Gasteiger partial charge on any atom is 0.129 e. The zero-order valence-electron chi connectivity index (χ0n) is 7.52. The highest BCUT2D eigenvalue weighted by Crippen LogP contribution is 2.42. The van der Waals surface area contributed by atoms with Gasteiger partial charge in [-0.25, -0.2) is 4.39 Å². The van der Waals surface area contributed by atoms with Crippen molar-refractivity contribution < 1.29 is 4.39 Å². The third-order valence-corrected chi connectivity index (χ3v) is 2.64. The molecule has 0 radical (unpaired) electrons. The van der Waals surface area contributed by atoms with Gasteiger partial charge in [-0.15, -0.1) is 0 Å². The Hall–Kier alpha value is -0.850. The van der Waals surface area contributed by atoms with Gasteiger partial charge in [0.15, 0.2) is 0 Å². The Bertz CT molecular complexity index is 311. The van der Waals surface area contributed by atoms with Crippen LogP contribution in [0.5, 0.6) is 0 Å². The van der Waals surface area contributed by atoms with E-state index >= 15 is 0 Å². The van der Waals surface area contributed by atoms with E-state index in [2.05, 4.69) is 6.07 Å². The van der Waals surface area contributed by atoms with Crippen molar-refractivity contribution in [2.75, 3.05) is 0 Å². The van der Waals surface area contributed by atoms with Gasteiger partial charge in [0.2, 0.25) is 0 Å². The number of hydrogen-bond donors (Lipinski definition) is 0. The number of rotatable bonds is 1. The fourth-order valence-electron chi connectivity index (χ4n) is 1.67. The summed E-state index contributed by atoms with van der Waals surface area (Å²) >= 11 is 0. The van der Waals surface area contributed by atoms with E-state index in [4.69, 9.17) is 0 Å². The van der Waals surface area contributed by atoms with Gasteiger partial charge >= 0.3 is 0 Å². The number of benzene rings is 1. The molecule has 0 saturated heterocycles. The molecule has 0 unspecified atom stereocenters. The van der Waals surface area contributed by atoms with Gasteiger partial charge in [0.05, 0.1) is 0 Å². The standard InChI is InChI=1S/C11H13F/c1-7-3-6-10(9-4-5-9)8(2)11(7)12/h3,6,9H,4-5H2,1-2H3. The Balaban J connectivity index is 2.49. The topological polar surface area (TPSA) is 0 Å². The summed E-state index contributed by atoms with van der Waals surface area (Å²) in [5.41, 5.74) is 2.84. The average molecular weight is 164 g/mol. The molecule has 0 atom stereocenters. The Morgan fingerprint density at radius 1 is 1.25 bits per heavy atom. The fraction of sp³-hybridized carbons (Fsp3) is 0.455. The van der Waals surface area contributed by atoms with Crippen LogP contribution in [0.15, 0.2) is 12.1 Å². The molecule has 1 aliphatic carbocycles. The molecule has 0 bridgehead atoms. The maximum absolute atomic E-state index is 13.4. The molecule has 0 aromatic heterocycles. The van der Waals surface area contributed by atoms with E-state index in [9.17, 15) is 4.39 Å². The van der Waals surface area contributed by atoms with Crippen molar-refractivity contribution in [2.45, 2.75) is 32.6 Å². The Kier molecular flexibility index (Phi) is 1.67. The van der Waals surface area contributed by atoms with E-state index in [1.807, 2.05) is 19.9 Å². The van der Waals surface area contributed by atoms with Gasteiger partial charge in [0.25, 0.3) is 0 Å². The highest BCUT2D eigenvalue weighted by atomic mass is 19.1. The first-order valence-corrected chi connectivity index (χ1v) is 4.45.